The fourth-order valence-corrected chi connectivity index (χ4v) is 4.09. The summed E-state index contributed by atoms with van der Waals surface area (Å²) in [7, 11) is 0. The Bertz CT molecular complexity index is 454. The number of fused-ring (bicyclic) bond motifs is 2. The van der Waals surface area contributed by atoms with Crippen LogP contribution in [-0.4, -0.2) is 41.9 Å². The molecule has 0 spiro atoms. The summed E-state index contributed by atoms with van der Waals surface area (Å²) in [6.45, 7) is 6.79. The molecule has 3 rings (SSSR count). The molecule has 4 atom stereocenters. The molecule has 3 aliphatic rings. The molecule has 3 fully saturated rings. The van der Waals surface area contributed by atoms with Crippen molar-refractivity contribution in [2.75, 3.05) is 13.2 Å². The van der Waals surface area contributed by atoms with Gasteiger partial charge >= 0.3 is 6.09 Å². The highest BCUT2D eigenvalue weighted by Crippen LogP contribution is 2.49. The Morgan fingerprint density at radius 1 is 1.23 bits per heavy atom. The van der Waals surface area contributed by atoms with Crippen molar-refractivity contribution in [2.24, 2.45) is 17.8 Å². The molecule has 2 saturated carbocycles. The molecule has 2 aliphatic carbocycles. The van der Waals surface area contributed by atoms with Crippen LogP contribution in [0.1, 0.15) is 46.5 Å². The van der Waals surface area contributed by atoms with Crippen LogP contribution in [0.4, 0.5) is 4.79 Å². The second-order valence-corrected chi connectivity index (χ2v) is 7.66. The molecule has 1 N–H and O–H groups in total. The maximum Gasteiger partial charge on any atom is 0.407 e. The first kappa shape index (κ1) is 15.6. The van der Waals surface area contributed by atoms with Gasteiger partial charge in [-0.25, -0.2) is 9.86 Å². The molecule has 2 bridgehead atoms. The standard InChI is InChI=1S/C16H26N2O4/c1-16(2,3)22-15(20)17-13-11-6-5-10(9-11)12(13)14(19)18-7-4-8-21-18/h10-13H,4-9H2,1-3H3,(H,17,20)/t10-,11-,12+,13+/m0/s1. The number of carbonyl (C=O) groups excluding carboxylic acids is 2. The van der Waals surface area contributed by atoms with Crippen molar-refractivity contribution in [3.63, 3.8) is 0 Å². The number of hydroxylamine groups is 2. The molecular formula is C16H26N2O4. The molecule has 6 heteroatoms. The number of amides is 2. The van der Waals surface area contributed by atoms with Crippen molar-refractivity contribution in [1.82, 2.24) is 10.4 Å². The van der Waals surface area contributed by atoms with E-state index in [1.54, 1.807) is 0 Å². The smallest absolute Gasteiger partial charge is 0.407 e. The summed E-state index contributed by atoms with van der Waals surface area (Å²) in [6, 6.07) is -0.120. The summed E-state index contributed by atoms with van der Waals surface area (Å²) >= 11 is 0. The number of hydrogen-bond acceptors (Lipinski definition) is 4. The summed E-state index contributed by atoms with van der Waals surface area (Å²) in [4.78, 5) is 30.2. The Morgan fingerprint density at radius 3 is 2.59 bits per heavy atom. The van der Waals surface area contributed by atoms with E-state index in [2.05, 4.69) is 5.32 Å². The molecule has 0 aromatic carbocycles. The first-order chi connectivity index (χ1) is 10.3. The van der Waals surface area contributed by atoms with Gasteiger partial charge in [-0.15, -0.1) is 0 Å². The van der Waals surface area contributed by atoms with E-state index in [-0.39, 0.29) is 17.9 Å². The number of nitrogens with one attached hydrogen (secondary N) is 1. The van der Waals surface area contributed by atoms with Gasteiger partial charge in [0.1, 0.15) is 5.60 Å². The quantitative estimate of drug-likeness (QED) is 0.848. The van der Waals surface area contributed by atoms with E-state index in [4.69, 9.17) is 9.57 Å². The van der Waals surface area contributed by atoms with Gasteiger partial charge in [0.15, 0.2) is 0 Å². The molecule has 1 aliphatic heterocycles. The minimum Gasteiger partial charge on any atom is -0.444 e. The predicted octanol–water partition coefficient (Wildman–Crippen LogP) is 2.09. The van der Waals surface area contributed by atoms with Crippen LogP contribution in [0, 0.1) is 17.8 Å². The van der Waals surface area contributed by atoms with Crippen LogP contribution in [0.5, 0.6) is 0 Å². The van der Waals surface area contributed by atoms with Crippen molar-refractivity contribution >= 4 is 12.0 Å². The number of nitrogens with zero attached hydrogens (tertiary/aromatic N) is 1. The second-order valence-electron chi connectivity index (χ2n) is 7.66. The largest absolute Gasteiger partial charge is 0.444 e. The normalized spacial score (nSPS) is 34.0. The average molecular weight is 310 g/mol. The third kappa shape index (κ3) is 3.07. The molecule has 6 nitrogen and oxygen atoms in total. The van der Waals surface area contributed by atoms with Gasteiger partial charge in [-0.2, -0.15) is 0 Å². The fourth-order valence-electron chi connectivity index (χ4n) is 4.09. The van der Waals surface area contributed by atoms with E-state index in [0.717, 1.165) is 25.7 Å². The van der Waals surface area contributed by atoms with Crippen molar-refractivity contribution in [3.8, 4) is 0 Å². The minimum atomic E-state index is -0.529. The Hall–Kier alpha value is -1.30. The number of rotatable bonds is 2. The first-order valence-electron chi connectivity index (χ1n) is 8.29. The molecule has 0 unspecified atom stereocenters. The molecule has 124 valence electrons. The van der Waals surface area contributed by atoms with E-state index in [9.17, 15) is 9.59 Å². The Kier molecular flexibility index (Phi) is 4.05. The third-order valence-corrected chi connectivity index (χ3v) is 4.88. The van der Waals surface area contributed by atoms with Crippen LogP contribution in [0.15, 0.2) is 0 Å². The predicted molar refractivity (Wildman–Crippen MR) is 79.8 cm³/mol. The van der Waals surface area contributed by atoms with Crippen LogP contribution in [-0.2, 0) is 14.4 Å². The number of carbonyl (C=O) groups is 2. The molecule has 0 radical (unpaired) electrons. The van der Waals surface area contributed by atoms with Crippen LogP contribution in [0.25, 0.3) is 0 Å². The molecular weight excluding hydrogens is 284 g/mol. The number of hydrogen-bond donors (Lipinski definition) is 1. The van der Waals surface area contributed by atoms with Crippen molar-refractivity contribution in [3.05, 3.63) is 0 Å². The van der Waals surface area contributed by atoms with Crippen LogP contribution < -0.4 is 5.32 Å². The number of ether oxygens (including phenoxy) is 1. The maximum absolute atomic E-state index is 12.7. The second kappa shape index (κ2) is 5.72. The highest BCUT2D eigenvalue weighted by molar-refractivity contribution is 5.81. The summed E-state index contributed by atoms with van der Waals surface area (Å²) in [5.74, 6) is 0.617. The van der Waals surface area contributed by atoms with Gasteiger partial charge in [0.2, 0.25) is 0 Å². The van der Waals surface area contributed by atoms with Gasteiger partial charge in [0, 0.05) is 6.04 Å². The summed E-state index contributed by atoms with van der Waals surface area (Å²) in [6.07, 6.45) is 3.63. The van der Waals surface area contributed by atoms with E-state index in [1.165, 1.54) is 5.06 Å². The van der Waals surface area contributed by atoms with Crippen LogP contribution in [0.2, 0.25) is 0 Å². The van der Waals surface area contributed by atoms with E-state index >= 15 is 0 Å². The van der Waals surface area contributed by atoms with Gasteiger partial charge in [-0.3, -0.25) is 9.63 Å². The Labute approximate surface area is 131 Å². The van der Waals surface area contributed by atoms with Gasteiger partial charge in [0.25, 0.3) is 5.91 Å². The zero-order valence-corrected chi connectivity index (χ0v) is 13.6. The first-order valence-corrected chi connectivity index (χ1v) is 8.29. The Morgan fingerprint density at radius 2 is 1.95 bits per heavy atom. The van der Waals surface area contributed by atoms with E-state index < -0.39 is 11.7 Å². The highest BCUT2D eigenvalue weighted by atomic mass is 16.7. The lowest BCUT2D eigenvalue weighted by molar-refractivity contribution is -0.176. The average Bonchev–Trinajstić information content (AvgIpc) is 3.12. The zero-order valence-electron chi connectivity index (χ0n) is 13.6. The number of alkyl carbamates (subject to hydrolysis) is 1. The topological polar surface area (TPSA) is 67.9 Å². The van der Waals surface area contributed by atoms with Crippen LogP contribution in [0.3, 0.4) is 0 Å². The van der Waals surface area contributed by atoms with Gasteiger partial charge < -0.3 is 10.1 Å². The van der Waals surface area contributed by atoms with Gasteiger partial charge in [-0.05, 0) is 58.3 Å². The fraction of sp³-hybridized carbons (Fsp3) is 0.875. The Balaban J connectivity index is 1.68. The van der Waals surface area contributed by atoms with Gasteiger partial charge in [0.05, 0.1) is 19.1 Å². The summed E-state index contributed by atoms with van der Waals surface area (Å²) in [5.41, 5.74) is -0.529. The minimum absolute atomic E-state index is 0.0331. The van der Waals surface area contributed by atoms with Gasteiger partial charge in [-0.1, -0.05) is 0 Å². The lowest BCUT2D eigenvalue weighted by Crippen LogP contribution is -2.51. The molecule has 1 heterocycles. The lowest BCUT2D eigenvalue weighted by atomic mass is 9.83. The summed E-state index contributed by atoms with van der Waals surface area (Å²) in [5, 5.41) is 4.45. The lowest BCUT2D eigenvalue weighted by Gasteiger charge is -2.33. The van der Waals surface area contributed by atoms with Crippen molar-refractivity contribution in [1.29, 1.82) is 0 Å². The monoisotopic (exact) mass is 310 g/mol. The van der Waals surface area contributed by atoms with Crippen LogP contribution >= 0.6 is 0 Å². The van der Waals surface area contributed by atoms with E-state index in [0.29, 0.717) is 25.0 Å². The SMILES string of the molecule is CC(C)(C)OC(=O)N[C@@H]1[C@H]2CC[C@@H](C2)[C@H]1C(=O)N1CCCO1. The maximum atomic E-state index is 12.7. The highest BCUT2D eigenvalue weighted by Gasteiger charge is 2.53. The molecule has 0 aromatic heterocycles. The van der Waals surface area contributed by atoms with E-state index in [1.807, 2.05) is 20.8 Å². The van der Waals surface area contributed by atoms with Crippen molar-refractivity contribution in [2.45, 2.75) is 58.1 Å². The molecule has 2 amide bonds. The molecule has 1 saturated heterocycles. The zero-order chi connectivity index (χ0) is 15.9. The molecule has 22 heavy (non-hydrogen) atoms. The third-order valence-electron chi connectivity index (χ3n) is 4.88. The molecule has 0 aromatic rings. The van der Waals surface area contributed by atoms with Crippen molar-refractivity contribution < 1.29 is 19.2 Å². The summed E-state index contributed by atoms with van der Waals surface area (Å²) < 4.78 is 5.35.